The minimum Gasteiger partial charge on any atom is -0.368 e. The first-order chi connectivity index (χ1) is 11.3. The molecule has 0 saturated heterocycles. The number of amides is 1. The first-order valence-electron chi connectivity index (χ1n) is 6.95. The molecule has 0 fully saturated rings. The van der Waals surface area contributed by atoms with Gasteiger partial charge in [-0.05, 0) is 24.6 Å². The lowest BCUT2D eigenvalue weighted by atomic mass is 10.2. The zero-order chi connectivity index (χ0) is 17.7. The fourth-order valence-electron chi connectivity index (χ4n) is 1.76. The van der Waals surface area contributed by atoms with Gasteiger partial charge in [-0.25, -0.2) is 9.97 Å². The molecule has 2 aromatic rings. The number of carbonyl (C=O) groups is 1. The lowest BCUT2D eigenvalue weighted by molar-refractivity contribution is -0.137. The lowest BCUT2D eigenvalue weighted by Gasteiger charge is -2.10. The van der Waals surface area contributed by atoms with Gasteiger partial charge in [-0.2, -0.15) is 13.2 Å². The minimum atomic E-state index is -4.50. The molecule has 0 aromatic carbocycles. The van der Waals surface area contributed by atoms with Crippen LogP contribution in [0.1, 0.15) is 17.5 Å². The molecule has 128 valence electrons. The summed E-state index contributed by atoms with van der Waals surface area (Å²) < 4.78 is 37.5. The van der Waals surface area contributed by atoms with Crippen LogP contribution in [0.3, 0.4) is 0 Å². The molecular weight excluding hydrogens is 345 g/mol. The molecule has 2 heterocycles. The Morgan fingerprint density at radius 2 is 2.00 bits per heavy atom. The second kappa shape index (κ2) is 7.48. The van der Waals surface area contributed by atoms with E-state index in [2.05, 4.69) is 20.6 Å². The van der Waals surface area contributed by atoms with E-state index in [4.69, 9.17) is 11.6 Å². The molecule has 1 amide bonds. The van der Waals surface area contributed by atoms with Crippen LogP contribution in [-0.4, -0.2) is 22.4 Å². The number of rotatable bonds is 5. The molecule has 2 aromatic heterocycles. The summed E-state index contributed by atoms with van der Waals surface area (Å²) in [5.74, 6) is 0.226. The molecule has 0 saturated carbocycles. The summed E-state index contributed by atoms with van der Waals surface area (Å²) in [5, 5.41) is 5.17. The largest absolute Gasteiger partial charge is 0.417 e. The van der Waals surface area contributed by atoms with Crippen LogP contribution < -0.4 is 10.6 Å². The van der Waals surface area contributed by atoms with Crippen molar-refractivity contribution in [2.24, 2.45) is 0 Å². The SMILES string of the molecule is Cc1ccc(NC(=O)CCNc2ncc(C(F)(F)F)cc2Cl)nc1. The van der Waals surface area contributed by atoms with Crippen molar-refractivity contribution >= 4 is 29.1 Å². The van der Waals surface area contributed by atoms with Crippen LogP contribution in [0, 0.1) is 6.92 Å². The van der Waals surface area contributed by atoms with Crippen LogP contribution in [-0.2, 0) is 11.0 Å². The van der Waals surface area contributed by atoms with E-state index in [0.29, 0.717) is 12.0 Å². The molecule has 0 aliphatic heterocycles. The van der Waals surface area contributed by atoms with E-state index in [1.807, 2.05) is 13.0 Å². The second-order valence-electron chi connectivity index (χ2n) is 5.00. The fourth-order valence-corrected chi connectivity index (χ4v) is 2.00. The highest BCUT2D eigenvalue weighted by Gasteiger charge is 2.31. The zero-order valence-electron chi connectivity index (χ0n) is 12.6. The molecule has 2 rings (SSSR count). The Kier molecular flexibility index (Phi) is 5.61. The molecule has 5 nitrogen and oxygen atoms in total. The number of alkyl halides is 3. The van der Waals surface area contributed by atoms with Crippen LogP contribution in [0.5, 0.6) is 0 Å². The number of hydrogen-bond donors (Lipinski definition) is 2. The summed E-state index contributed by atoms with van der Waals surface area (Å²) >= 11 is 5.76. The Bertz CT molecular complexity index is 720. The average molecular weight is 359 g/mol. The molecule has 0 radical (unpaired) electrons. The van der Waals surface area contributed by atoms with E-state index in [1.165, 1.54) is 0 Å². The predicted octanol–water partition coefficient (Wildman–Crippen LogP) is 3.90. The quantitative estimate of drug-likeness (QED) is 0.850. The number of nitrogens with zero attached hydrogens (tertiary/aromatic N) is 2. The zero-order valence-corrected chi connectivity index (χ0v) is 13.4. The highest BCUT2D eigenvalue weighted by Crippen LogP contribution is 2.32. The summed E-state index contributed by atoms with van der Waals surface area (Å²) in [4.78, 5) is 19.4. The predicted molar refractivity (Wildman–Crippen MR) is 85.0 cm³/mol. The smallest absolute Gasteiger partial charge is 0.368 e. The van der Waals surface area contributed by atoms with Gasteiger partial charge >= 0.3 is 6.18 Å². The van der Waals surface area contributed by atoms with Crippen LogP contribution in [0.25, 0.3) is 0 Å². The van der Waals surface area contributed by atoms with Crippen LogP contribution in [0.15, 0.2) is 30.6 Å². The number of pyridine rings is 2. The van der Waals surface area contributed by atoms with Gasteiger partial charge in [-0.3, -0.25) is 4.79 Å². The number of anilines is 2. The molecular formula is C15H14ClF3N4O. The van der Waals surface area contributed by atoms with Gasteiger partial charge in [0.05, 0.1) is 10.6 Å². The third kappa shape index (κ3) is 5.09. The number of halogens is 4. The van der Waals surface area contributed by atoms with Crippen molar-refractivity contribution < 1.29 is 18.0 Å². The molecule has 0 unspecified atom stereocenters. The first kappa shape index (κ1) is 18.0. The van der Waals surface area contributed by atoms with E-state index < -0.39 is 11.7 Å². The van der Waals surface area contributed by atoms with Gasteiger partial charge in [0.25, 0.3) is 0 Å². The van der Waals surface area contributed by atoms with Crippen LogP contribution in [0.2, 0.25) is 5.02 Å². The third-order valence-corrected chi connectivity index (χ3v) is 3.28. The Hall–Kier alpha value is -2.35. The Balaban J connectivity index is 1.85. The van der Waals surface area contributed by atoms with Crippen LogP contribution >= 0.6 is 11.6 Å². The number of aromatic nitrogens is 2. The number of hydrogen-bond acceptors (Lipinski definition) is 4. The van der Waals surface area contributed by atoms with Crippen molar-refractivity contribution in [2.45, 2.75) is 19.5 Å². The van der Waals surface area contributed by atoms with Gasteiger partial charge < -0.3 is 10.6 Å². The molecule has 24 heavy (non-hydrogen) atoms. The first-order valence-corrected chi connectivity index (χ1v) is 7.32. The molecule has 0 spiro atoms. The molecule has 9 heteroatoms. The van der Waals surface area contributed by atoms with Gasteiger partial charge in [-0.15, -0.1) is 0 Å². The standard InChI is InChI=1S/C15H14ClF3N4O/c1-9-2-3-12(21-7-9)23-13(24)4-5-20-14-11(16)6-10(8-22-14)15(17,18)19/h2-3,6-8H,4-5H2,1H3,(H,20,22)(H,21,23,24). The molecule has 0 atom stereocenters. The number of carbonyl (C=O) groups excluding carboxylic acids is 1. The average Bonchev–Trinajstić information content (AvgIpc) is 2.50. The maximum absolute atomic E-state index is 12.5. The molecule has 0 aliphatic carbocycles. The fraction of sp³-hybridized carbons (Fsp3) is 0.267. The minimum absolute atomic E-state index is 0.0780. The topological polar surface area (TPSA) is 66.9 Å². The number of nitrogens with one attached hydrogen (secondary N) is 2. The second-order valence-corrected chi connectivity index (χ2v) is 5.41. The summed E-state index contributed by atoms with van der Waals surface area (Å²) in [6.07, 6.45) is -2.12. The third-order valence-electron chi connectivity index (χ3n) is 2.99. The normalized spacial score (nSPS) is 11.2. The van der Waals surface area contributed by atoms with Gasteiger partial charge in [0, 0.05) is 25.4 Å². The molecule has 2 N–H and O–H groups in total. The maximum atomic E-state index is 12.5. The van der Waals surface area contributed by atoms with E-state index in [9.17, 15) is 18.0 Å². The van der Waals surface area contributed by atoms with E-state index >= 15 is 0 Å². The summed E-state index contributed by atoms with van der Waals surface area (Å²) in [5.41, 5.74) is 0.0407. The Morgan fingerprint density at radius 3 is 2.58 bits per heavy atom. The van der Waals surface area contributed by atoms with Crippen LogP contribution in [0.4, 0.5) is 24.8 Å². The van der Waals surface area contributed by atoms with E-state index in [1.54, 1.807) is 12.3 Å². The maximum Gasteiger partial charge on any atom is 0.417 e. The van der Waals surface area contributed by atoms with E-state index in [0.717, 1.165) is 11.6 Å². The van der Waals surface area contributed by atoms with Crippen molar-refractivity contribution in [3.8, 4) is 0 Å². The lowest BCUT2D eigenvalue weighted by Crippen LogP contribution is -2.17. The van der Waals surface area contributed by atoms with Crippen molar-refractivity contribution in [3.63, 3.8) is 0 Å². The highest BCUT2D eigenvalue weighted by atomic mass is 35.5. The van der Waals surface area contributed by atoms with Gasteiger partial charge in [0.1, 0.15) is 11.6 Å². The van der Waals surface area contributed by atoms with E-state index in [-0.39, 0.29) is 29.7 Å². The Morgan fingerprint density at radius 1 is 1.25 bits per heavy atom. The van der Waals surface area contributed by atoms with Crippen molar-refractivity contribution in [1.29, 1.82) is 0 Å². The summed E-state index contributed by atoms with van der Waals surface area (Å²) in [6, 6.07) is 4.27. The van der Waals surface area contributed by atoms with Crippen molar-refractivity contribution in [1.82, 2.24) is 9.97 Å². The summed E-state index contributed by atoms with van der Waals surface area (Å²) in [6.45, 7) is 2.04. The highest BCUT2D eigenvalue weighted by molar-refractivity contribution is 6.32. The van der Waals surface area contributed by atoms with Crippen molar-refractivity contribution in [3.05, 3.63) is 46.7 Å². The summed E-state index contributed by atoms with van der Waals surface area (Å²) in [7, 11) is 0. The Labute approximate surface area is 141 Å². The van der Waals surface area contributed by atoms with Gasteiger partial charge in [0.15, 0.2) is 0 Å². The van der Waals surface area contributed by atoms with Crippen molar-refractivity contribution in [2.75, 3.05) is 17.2 Å². The molecule has 0 aliphatic rings. The number of aryl methyl sites for hydroxylation is 1. The van der Waals surface area contributed by atoms with Gasteiger partial charge in [0.2, 0.25) is 5.91 Å². The van der Waals surface area contributed by atoms with Gasteiger partial charge in [-0.1, -0.05) is 17.7 Å². The monoisotopic (exact) mass is 358 g/mol. The molecule has 0 bridgehead atoms.